The van der Waals surface area contributed by atoms with Crippen LogP contribution in [0, 0.1) is 0 Å². The number of likely N-dealkylation sites (tertiary alicyclic amines) is 1. The van der Waals surface area contributed by atoms with Crippen molar-refractivity contribution in [2.45, 2.75) is 30.9 Å². The Hall–Kier alpha value is -3.39. The Bertz CT molecular complexity index is 962. The first kappa shape index (κ1) is 20.9. The summed E-state index contributed by atoms with van der Waals surface area (Å²) < 4.78 is 5.41. The lowest BCUT2D eigenvalue weighted by Gasteiger charge is -2.21. The molecule has 1 fully saturated rings. The maximum Gasteiger partial charge on any atom is 0.407 e. The number of alkyl carbamates (subject to hydrolysis) is 1. The molecule has 2 amide bonds. The number of ether oxygens (including phenoxy) is 1. The highest BCUT2D eigenvalue weighted by Crippen LogP contribution is 2.44. The third kappa shape index (κ3) is 4.25. The third-order valence-electron chi connectivity index (χ3n) is 5.84. The highest BCUT2D eigenvalue weighted by molar-refractivity contribution is 5.85. The molecule has 2 aliphatic rings. The zero-order valence-electron chi connectivity index (χ0n) is 16.9. The number of aliphatic hydroxyl groups is 1. The first-order valence-electron chi connectivity index (χ1n) is 10.2. The van der Waals surface area contributed by atoms with E-state index in [1.165, 1.54) is 0 Å². The summed E-state index contributed by atoms with van der Waals surface area (Å²) in [6.45, 7) is 0.183. The predicted octanol–water partition coefficient (Wildman–Crippen LogP) is 1.96. The van der Waals surface area contributed by atoms with Crippen molar-refractivity contribution < 1.29 is 29.3 Å². The zero-order valence-corrected chi connectivity index (χ0v) is 16.9. The van der Waals surface area contributed by atoms with Crippen LogP contribution in [0.15, 0.2) is 48.5 Å². The van der Waals surface area contributed by atoms with Gasteiger partial charge in [-0.2, -0.15) is 0 Å². The maximum atomic E-state index is 12.3. The van der Waals surface area contributed by atoms with Gasteiger partial charge in [0.05, 0.1) is 6.10 Å². The summed E-state index contributed by atoms with van der Waals surface area (Å²) in [5.74, 6) is -1.63. The number of nitrogens with zero attached hydrogens (tertiary/aromatic N) is 1. The number of carbonyl (C=O) groups is 3. The topological polar surface area (TPSA) is 116 Å². The van der Waals surface area contributed by atoms with Crippen molar-refractivity contribution in [1.82, 2.24) is 10.2 Å². The number of hydrogen-bond donors (Lipinski definition) is 3. The summed E-state index contributed by atoms with van der Waals surface area (Å²) >= 11 is 0. The number of aliphatic carboxylic acids is 1. The van der Waals surface area contributed by atoms with Crippen LogP contribution < -0.4 is 5.32 Å². The molecule has 0 spiro atoms. The summed E-state index contributed by atoms with van der Waals surface area (Å²) in [6, 6.07) is 15.0. The summed E-state index contributed by atoms with van der Waals surface area (Å²) in [6.07, 6.45) is -1.53. The molecule has 1 saturated heterocycles. The minimum Gasteiger partial charge on any atom is -0.480 e. The summed E-state index contributed by atoms with van der Waals surface area (Å²) in [4.78, 5) is 36.8. The smallest absolute Gasteiger partial charge is 0.407 e. The second kappa shape index (κ2) is 8.77. The molecular weight excluding hydrogens is 400 g/mol. The Morgan fingerprint density at radius 1 is 1.03 bits per heavy atom. The monoisotopic (exact) mass is 424 g/mol. The quantitative estimate of drug-likeness (QED) is 0.653. The number of carboxylic acids is 1. The van der Waals surface area contributed by atoms with Gasteiger partial charge in [-0.15, -0.1) is 0 Å². The maximum absolute atomic E-state index is 12.3. The predicted molar refractivity (Wildman–Crippen MR) is 111 cm³/mol. The fourth-order valence-corrected chi connectivity index (χ4v) is 4.39. The molecule has 1 unspecified atom stereocenters. The number of β-amino-alcohol motifs (C(OH)–C–C–N with tert-alkyl or cyclic N) is 1. The lowest BCUT2D eigenvalue weighted by molar-refractivity contribution is -0.148. The van der Waals surface area contributed by atoms with Crippen molar-refractivity contribution in [3.8, 4) is 11.1 Å². The minimum atomic E-state index is -1.14. The first-order valence-corrected chi connectivity index (χ1v) is 10.2. The van der Waals surface area contributed by atoms with E-state index in [1.807, 2.05) is 36.4 Å². The molecule has 8 heteroatoms. The van der Waals surface area contributed by atoms with Crippen molar-refractivity contribution in [1.29, 1.82) is 0 Å². The zero-order chi connectivity index (χ0) is 22.0. The van der Waals surface area contributed by atoms with Gasteiger partial charge in [0.25, 0.3) is 0 Å². The van der Waals surface area contributed by atoms with Gasteiger partial charge in [-0.3, -0.25) is 4.79 Å². The van der Waals surface area contributed by atoms with Crippen LogP contribution in [0.25, 0.3) is 11.1 Å². The van der Waals surface area contributed by atoms with Gasteiger partial charge >= 0.3 is 12.1 Å². The Kier molecular flexibility index (Phi) is 5.90. The largest absolute Gasteiger partial charge is 0.480 e. The van der Waals surface area contributed by atoms with Crippen LogP contribution in [0.1, 0.15) is 29.9 Å². The molecule has 0 radical (unpaired) electrons. The number of carbonyl (C=O) groups excluding carboxylic acids is 2. The molecule has 0 bridgehead atoms. The Labute approximate surface area is 179 Å². The summed E-state index contributed by atoms with van der Waals surface area (Å²) in [5.41, 5.74) is 4.50. The molecule has 1 heterocycles. The van der Waals surface area contributed by atoms with Crippen molar-refractivity contribution >= 4 is 18.0 Å². The van der Waals surface area contributed by atoms with Crippen LogP contribution >= 0.6 is 0 Å². The van der Waals surface area contributed by atoms with E-state index in [1.54, 1.807) is 0 Å². The number of benzene rings is 2. The fourth-order valence-electron chi connectivity index (χ4n) is 4.39. The van der Waals surface area contributed by atoms with Gasteiger partial charge in [-0.05, 0) is 22.3 Å². The number of fused-ring (bicyclic) bond motifs is 3. The highest BCUT2D eigenvalue weighted by atomic mass is 16.5. The van der Waals surface area contributed by atoms with E-state index in [9.17, 15) is 24.6 Å². The van der Waals surface area contributed by atoms with Gasteiger partial charge in [-0.1, -0.05) is 48.5 Å². The van der Waals surface area contributed by atoms with Crippen molar-refractivity contribution in [2.75, 3.05) is 19.7 Å². The van der Waals surface area contributed by atoms with Crippen LogP contribution in [-0.2, 0) is 14.3 Å². The fraction of sp³-hybridized carbons (Fsp3) is 0.348. The average molecular weight is 424 g/mol. The summed E-state index contributed by atoms with van der Waals surface area (Å²) in [5, 5.41) is 21.4. The Morgan fingerprint density at radius 3 is 2.26 bits per heavy atom. The molecular formula is C23H24N2O6. The molecule has 2 aromatic carbocycles. The Balaban J connectivity index is 1.29. The van der Waals surface area contributed by atoms with E-state index >= 15 is 0 Å². The number of aliphatic hydroxyl groups excluding tert-OH is 1. The van der Waals surface area contributed by atoms with E-state index < -0.39 is 30.1 Å². The van der Waals surface area contributed by atoms with Gasteiger partial charge in [0.2, 0.25) is 5.91 Å². The van der Waals surface area contributed by atoms with Crippen molar-refractivity contribution in [3.63, 3.8) is 0 Å². The average Bonchev–Trinajstić information content (AvgIpc) is 3.31. The molecule has 0 saturated carbocycles. The van der Waals surface area contributed by atoms with Gasteiger partial charge < -0.3 is 25.2 Å². The molecule has 162 valence electrons. The second-order valence-electron chi connectivity index (χ2n) is 7.79. The van der Waals surface area contributed by atoms with Crippen molar-refractivity contribution in [2.24, 2.45) is 0 Å². The lowest BCUT2D eigenvalue weighted by atomic mass is 9.98. The molecule has 0 aromatic heterocycles. The highest BCUT2D eigenvalue weighted by Gasteiger charge is 2.38. The van der Waals surface area contributed by atoms with Crippen LogP contribution in [0.3, 0.4) is 0 Å². The number of hydrogen-bond acceptors (Lipinski definition) is 5. The molecule has 31 heavy (non-hydrogen) atoms. The normalized spacial score (nSPS) is 19.6. The van der Waals surface area contributed by atoms with Gasteiger partial charge in [0.1, 0.15) is 12.6 Å². The van der Waals surface area contributed by atoms with Crippen LogP contribution in [0.5, 0.6) is 0 Å². The molecule has 2 atom stereocenters. The molecule has 3 N–H and O–H groups in total. The number of nitrogens with one attached hydrogen (secondary N) is 1. The molecule has 1 aliphatic heterocycles. The standard InChI is InChI=1S/C23H24N2O6/c26-14-11-20(22(28)29)25(12-14)21(27)9-10-24-23(30)31-13-19-17-7-3-1-5-15(17)16-6-2-4-8-18(16)19/h1-8,14,19-20,26H,9-13H2,(H,24,30)(H,28,29)/t14?,20-/m0/s1. The van der Waals surface area contributed by atoms with Gasteiger partial charge in [0, 0.05) is 31.8 Å². The van der Waals surface area contributed by atoms with Crippen molar-refractivity contribution in [3.05, 3.63) is 59.7 Å². The van der Waals surface area contributed by atoms with E-state index in [2.05, 4.69) is 17.4 Å². The second-order valence-corrected chi connectivity index (χ2v) is 7.79. The van der Waals surface area contributed by atoms with E-state index in [-0.39, 0.29) is 38.5 Å². The summed E-state index contributed by atoms with van der Waals surface area (Å²) in [7, 11) is 0. The van der Waals surface area contributed by atoms with Crippen LogP contribution in [0.2, 0.25) is 0 Å². The van der Waals surface area contributed by atoms with Gasteiger partial charge in [-0.25, -0.2) is 9.59 Å². The third-order valence-corrected chi connectivity index (χ3v) is 5.84. The van der Waals surface area contributed by atoms with E-state index in [0.717, 1.165) is 27.2 Å². The lowest BCUT2D eigenvalue weighted by Crippen LogP contribution is -2.42. The Morgan fingerprint density at radius 2 is 1.65 bits per heavy atom. The molecule has 1 aliphatic carbocycles. The van der Waals surface area contributed by atoms with Crippen LogP contribution in [-0.4, -0.2) is 64.9 Å². The van der Waals surface area contributed by atoms with Gasteiger partial charge in [0.15, 0.2) is 0 Å². The number of amides is 2. The number of carboxylic acid groups (broad SMARTS) is 1. The minimum absolute atomic E-state index is 0.0132. The SMILES string of the molecule is O=C(NCCC(=O)N1CC(O)C[C@H]1C(=O)O)OCC1c2ccccc2-c2ccccc21. The van der Waals surface area contributed by atoms with Crippen LogP contribution in [0.4, 0.5) is 4.79 Å². The number of rotatable bonds is 6. The first-order chi connectivity index (χ1) is 15.0. The van der Waals surface area contributed by atoms with E-state index in [4.69, 9.17) is 4.74 Å². The molecule has 4 rings (SSSR count). The molecule has 2 aromatic rings. The molecule has 8 nitrogen and oxygen atoms in total. The van der Waals surface area contributed by atoms with E-state index in [0.29, 0.717) is 0 Å².